The number of nitrogens with zero attached hydrogens (tertiary/aromatic N) is 3. The molecule has 1 aliphatic carbocycles. The number of aromatic nitrogens is 1. The van der Waals surface area contributed by atoms with E-state index in [4.69, 9.17) is 4.74 Å². The Hall–Kier alpha value is -3.43. The van der Waals surface area contributed by atoms with Crippen molar-refractivity contribution in [2.24, 2.45) is 5.92 Å². The van der Waals surface area contributed by atoms with Crippen LogP contribution < -0.4 is 19.7 Å². The molecule has 1 aromatic heterocycles. The number of anilines is 2. The van der Waals surface area contributed by atoms with Crippen LogP contribution in [0.5, 0.6) is 11.8 Å². The standard InChI is InChI=1S/C25H30F2N4O4/c1-15(2)18-7-5-6-8-20(18)31(25-11-12-30(16(3)32)14-17(25)13-25)24(33)28-19-9-10-21(34-4)29-22(19)35-23(26)27/h5-10,15,17,23H,11-14H2,1-4H3,(H,28,33). The number of carbonyl (C=O) groups is 2. The predicted octanol–water partition coefficient (Wildman–Crippen LogP) is 4.86. The Bertz CT molecular complexity index is 1110. The molecule has 2 unspecified atom stereocenters. The molecule has 2 aromatic rings. The summed E-state index contributed by atoms with van der Waals surface area (Å²) in [5, 5.41) is 2.75. The van der Waals surface area contributed by atoms with Crippen molar-refractivity contribution < 1.29 is 27.8 Å². The van der Waals surface area contributed by atoms with Gasteiger partial charge in [0.1, 0.15) is 5.69 Å². The highest BCUT2D eigenvalue weighted by Gasteiger charge is 2.62. The van der Waals surface area contributed by atoms with Crippen molar-refractivity contribution in [3.8, 4) is 11.8 Å². The second-order valence-electron chi connectivity index (χ2n) is 9.28. The molecule has 1 N–H and O–H groups in total. The molecule has 4 rings (SSSR count). The van der Waals surface area contributed by atoms with Crippen LogP contribution >= 0.6 is 0 Å². The maximum atomic E-state index is 13.9. The number of amides is 3. The van der Waals surface area contributed by atoms with Gasteiger partial charge >= 0.3 is 12.6 Å². The molecule has 2 heterocycles. The van der Waals surface area contributed by atoms with Gasteiger partial charge in [0.05, 0.1) is 12.6 Å². The van der Waals surface area contributed by atoms with E-state index in [-0.39, 0.29) is 29.3 Å². The van der Waals surface area contributed by atoms with Crippen molar-refractivity contribution in [3.05, 3.63) is 42.0 Å². The Labute approximate surface area is 203 Å². The smallest absolute Gasteiger partial charge is 0.388 e. The van der Waals surface area contributed by atoms with E-state index in [0.717, 1.165) is 17.7 Å². The van der Waals surface area contributed by atoms with Crippen molar-refractivity contribution in [3.63, 3.8) is 0 Å². The lowest BCUT2D eigenvalue weighted by Gasteiger charge is -2.40. The fourth-order valence-electron chi connectivity index (χ4n) is 4.97. The Kier molecular flexibility index (Phi) is 6.82. The maximum absolute atomic E-state index is 13.9. The van der Waals surface area contributed by atoms with Gasteiger partial charge < -0.3 is 19.7 Å². The van der Waals surface area contributed by atoms with E-state index in [9.17, 15) is 18.4 Å². The zero-order valence-corrected chi connectivity index (χ0v) is 20.3. The molecular formula is C25H30F2N4O4. The summed E-state index contributed by atoms with van der Waals surface area (Å²) in [5.41, 5.74) is 1.30. The zero-order valence-electron chi connectivity index (χ0n) is 20.3. The van der Waals surface area contributed by atoms with Crippen LogP contribution in [0.4, 0.5) is 25.0 Å². The Morgan fingerprint density at radius 2 is 1.97 bits per heavy atom. The minimum atomic E-state index is -3.12. The third kappa shape index (κ3) is 4.87. The SMILES string of the molecule is COc1ccc(NC(=O)N(c2ccccc2C(C)C)C23CCN(C(C)=O)CC2C3)c(OC(F)F)n1. The van der Waals surface area contributed by atoms with Crippen LogP contribution in [0.1, 0.15) is 45.1 Å². The summed E-state index contributed by atoms with van der Waals surface area (Å²) >= 11 is 0. The minimum absolute atomic E-state index is 0.0119. The molecule has 1 aliphatic heterocycles. The number of rotatable bonds is 7. The van der Waals surface area contributed by atoms with E-state index < -0.39 is 24.1 Å². The van der Waals surface area contributed by atoms with E-state index in [0.29, 0.717) is 19.5 Å². The van der Waals surface area contributed by atoms with Crippen LogP contribution in [0.15, 0.2) is 36.4 Å². The quantitative estimate of drug-likeness (QED) is 0.602. The van der Waals surface area contributed by atoms with Crippen LogP contribution in [0.2, 0.25) is 0 Å². The Morgan fingerprint density at radius 3 is 2.60 bits per heavy atom. The molecule has 0 bridgehead atoms. The highest BCUT2D eigenvalue weighted by molar-refractivity contribution is 6.04. The van der Waals surface area contributed by atoms with Crippen molar-refractivity contribution in [1.29, 1.82) is 0 Å². The van der Waals surface area contributed by atoms with Gasteiger partial charge in [0.2, 0.25) is 17.7 Å². The zero-order chi connectivity index (χ0) is 25.3. The summed E-state index contributed by atoms with van der Waals surface area (Å²) < 4.78 is 35.6. The molecule has 0 radical (unpaired) electrons. The summed E-state index contributed by atoms with van der Waals surface area (Å²) in [7, 11) is 1.36. The van der Waals surface area contributed by atoms with Gasteiger partial charge in [0.25, 0.3) is 0 Å². The molecule has 8 nitrogen and oxygen atoms in total. The molecule has 0 spiro atoms. The molecule has 2 fully saturated rings. The van der Waals surface area contributed by atoms with Crippen LogP contribution in [-0.4, -0.2) is 54.2 Å². The van der Waals surface area contributed by atoms with Crippen molar-refractivity contribution in [2.45, 2.75) is 51.7 Å². The maximum Gasteiger partial charge on any atom is 0.388 e. The number of alkyl halides is 2. The number of para-hydroxylation sites is 1. The van der Waals surface area contributed by atoms with E-state index in [2.05, 4.69) is 28.9 Å². The monoisotopic (exact) mass is 488 g/mol. The number of hydrogen-bond donors (Lipinski definition) is 1. The van der Waals surface area contributed by atoms with Gasteiger partial charge in [-0.1, -0.05) is 32.0 Å². The largest absolute Gasteiger partial charge is 0.481 e. The van der Waals surface area contributed by atoms with Gasteiger partial charge in [-0.05, 0) is 36.5 Å². The number of methoxy groups -OCH3 is 1. The summed E-state index contributed by atoms with van der Waals surface area (Å²) in [5.74, 6) is -0.0639. The highest BCUT2D eigenvalue weighted by atomic mass is 19.3. The molecule has 1 saturated heterocycles. The van der Waals surface area contributed by atoms with Gasteiger partial charge in [-0.25, -0.2) is 4.79 Å². The van der Waals surface area contributed by atoms with Gasteiger partial charge in [-0.15, -0.1) is 0 Å². The van der Waals surface area contributed by atoms with Gasteiger partial charge in [-0.3, -0.25) is 9.69 Å². The highest BCUT2D eigenvalue weighted by Crippen LogP contribution is 2.56. The van der Waals surface area contributed by atoms with E-state index in [1.807, 2.05) is 29.2 Å². The van der Waals surface area contributed by atoms with Crippen LogP contribution in [0.3, 0.4) is 0 Å². The number of halogens is 2. The lowest BCUT2D eigenvalue weighted by Crippen LogP contribution is -2.52. The number of pyridine rings is 1. The van der Waals surface area contributed by atoms with E-state index in [1.165, 1.54) is 19.2 Å². The topological polar surface area (TPSA) is 84.0 Å². The molecule has 1 aromatic carbocycles. The molecule has 2 aliphatic rings. The molecular weight excluding hydrogens is 458 g/mol. The first-order valence-corrected chi connectivity index (χ1v) is 11.6. The third-order valence-corrected chi connectivity index (χ3v) is 6.83. The fraction of sp³-hybridized carbons (Fsp3) is 0.480. The summed E-state index contributed by atoms with van der Waals surface area (Å²) in [6, 6.07) is 10.1. The number of carbonyl (C=O) groups excluding carboxylic acids is 2. The second kappa shape index (κ2) is 9.67. The lowest BCUT2D eigenvalue weighted by atomic mass is 9.96. The van der Waals surface area contributed by atoms with E-state index >= 15 is 0 Å². The first kappa shape index (κ1) is 24.7. The summed E-state index contributed by atoms with van der Waals surface area (Å²) in [4.78, 5) is 33.3. The number of nitrogens with one attached hydrogen (secondary N) is 1. The molecule has 1 saturated carbocycles. The van der Waals surface area contributed by atoms with Crippen LogP contribution in [0, 0.1) is 5.92 Å². The third-order valence-electron chi connectivity index (χ3n) is 6.83. The van der Waals surface area contributed by atoms with Crippen molar-refractivity contribution >= 4 is 23.3 Å². The van der Waals surface area contributed by atoms with Gasteiger partial charge in [0, 0.05) is 37.7 Å². The normalized spacial score (nSPS) is 20.9. The Balaban J connectivity index is 1.71. The summed E-state index contributed by atoms with van der Waals surface area (Å²) in [6.07, 6.45) is 1.37. The van der Waals surface area contributed by atoms with Gasteiger partial charge in [-0.2, -0.15) is 13.8 Å². The fourth-order valence-corrected chi connectivity index (χ4v) is 4.97. The molecule has 10 heteroatoms. The summed E-state index contributed by atoms with van der Waals surface area (Å²) in [6.45, 7) is 3.66. The lowest BCUT2D eigenvalue weighted by molar-refractivity contribution is -0.129. The predicted molar refractivity (Wildman–Crippen MR) is 127 cm³/mol. The second-order valence-corrected chi connectivity index (χ2v) is 9.28. The van der Waals surface area contributed by atoms with Crippen molar-refractivity contribution in [2.75, 3.05) is 30.4 Å². The molecule has 188 valence electrons. The Morgan fingerprint density at radius 1 is 1.23 bits per heavy atom. The first-order chi connectivity index (χ1) is 16.7. The van der Waals surface area contributed by atoms with Crippen LogP contribution in [0.25, 0.3) is 0 Å². The number of likely N-dealkylation sites (tertiary alicyclic amines) is 1. The molecule has 2 atom stereocenters. The van der Waals surface area contributed by atoms with Gasteiger partial charge in [0.15, 0.2) is 0 Å². The van der Waals surface area contributed by atoms with Crippen molar-refractivity contribution in [1.82, 2.24) is 9.88 Å². The number of piperidine rings is 1. The number of fused-ring (bicyclic) bond motifs is 1. The number of hydrogen-bond acceptors (Lipinski definition) is 5. The number of ether oxygens (including phenoxy) is 2. The molecule has 35 heavy (non-hydrogen) atoms. The number of benzene rings is 1. The average molecular weight is 489 g/mol. The first-order valence-electron chi connectivity index (χ1n) is 11.6. The van der Waals surface area contributed by atoms with Crippen LogP contribution in [-0.2, 0) is 4.79 Å². The minimum Gasteiger partial charge on any atom is -0.481 e. The number of urea groups is 1. The average Bonchev–Trinajstić information content (AvgIpc) is 3.54. The van der Waals surface area contributed by atoms with E-state index in [1.54, 1.807) is 11.8 Å². The molecule has 3 amide bonds.